The van der Waals surface area contributed by atoms with Gasteiger partial charge in [-0.1, -0.05) is 148 Å². The van der Waals surface area contributed by atoms with Crippen molar-refractivity contribution in [2.45, 2.75) is 53.4 Å². The van der Waals surface area contributed by atoms with E-state index in [0.717, 1.165) is 22.7 Å². The van der Waals surface area contributed by atoms with Crippen molar-refractivity contribution in [2.24, 2.45) is 0 Å². The van der Waals surface area contributed by atoms with Gasteiger partial charge < -0.3 is 9.80 Å². The first-order valence-corrected chi connectivity index (χ1v) is 18.6. The van der Waals surface area contributed by atoms with Crippen LogP contribution in [0.3, 0.4) is 0 Å². The minimum absolute atomic E-state index is 0.453. The van der Waals surface area contributed by atoms with Gasteiger partial charge in [0, 0.05) is 44.3 Å². The molecule has 256 valence electrons. The number of nitrogens with zero attached hydrogens (tertiary/aromatic N) is 2. The monoisotopic (exact) mass is 674 g/mol. The molecule has 0 radical (unpaired) electrons. The summed E-state index contributed by atoms with van der Waals surface area (Å²) in [7, 11) is 0. The van der Waals surface area contributed by atoms with Crippen molar-refractivity contribution in [3.05, 3.63) is 180 Å². The van der Waals surface area contributed by atoms with Gasteiger partial charge in [0.25, 0.3) is 0 Å². The minimum atomic E-state index is 0.453. The van der Waals surface area contributed by atoms with Crippen LogP contribution in [0.25, 0.3) is 32.3 Å². The first kappa shape index (κ1) is 33.3. The lowest BCUT2D eigenvalue weighted by atomic mass is 9.91. The number of fused-ring (bicyclic) bond motifs is 4. The zero-order valence-electron chi connectivity index (χ0n) is 31.1. The van der Waals surface area contributed by atoms with E-state index in [1.807, 2.05) is 0 Å². The Hall–Kier alpha value is -5.86. The molecule has 0 aliphatic heterocycles. The van der Waals surface area contributed by atoms with Crippen LogP contribution in [0.15, 0.2) is 158 Å². The molecule has 0 heterocycles. The molecular weight excluding hydrogens is 629 g/mol. The van der Waals surface area contributed by atoms with E-state index in [-0.39, 0.29) is 0 Å². The molecule has 0 spiro atoms. The maximum absolute atomic E-state index is 2.48. The SMILES string of the molecule is Cc1ccc(N(c2ccc(C(C)C)cc2)c2c3ccccc3c(N(c3ccc(C)cc3)c3ccc(C(C)C)cc3)c3c2ccc2ccccc23)cc1. The summed E-state index contributed by atoms with van der Waals surface area (Å²) in [6.07, 6.45) is 0. The van der Waals surface area contributed by atoms with Gasteiger partial charge in [-0.15, -0.1) is 0 Å². The summed E-state index contributed by atoms with van der Waals surface area (Å²) in [6, 6.07) is 58.8. The van der Waals surface area contributed by atoms with Crippen molar-refractivity contribution >= 4 is 66.4 Å². The Morgan fingerprint density at radius 1 is 0.346 bits per heavy atom. The van der Waals surface area contributed by atoms with E-state index in [1.165, 1.54) is 65.9 Å². The van der Waals surface area contributed by atoms with Crippen LogP contribution in [0.2, 0.25) is 0 Å². The van der Waals surface area contributed by atoms with E-state index in [2.05, 4.69) is 209 Å². The number of anilines is 6. The van der Waals surface area contributed by atoms with Crippen LogP contribution >= 0.6 is 0 Å². The average molecular weight is 675 g/mol. The Balaban J connectivity index is 1.53. The number of rotatable bonds is 8. The molecule has 2 nitrogen and oxygen atoms in total. The molecule has 0 saturated heterocycles. The molecule has 8 aromatic rings. The smallest absolute Gasteiger partial charge is 0.0626 e. The van der Waals surface area contributed by atoms with Crippen molar-refractivity contribution in [1.82, 2.24) is 0 Å². The number of benzene rings is 8. The quantitative estimate of drug-likeness (QED) is 0.0899. The Morgan fingerprint density at radius 3 is 1.19 bits per heavy atom. The molecule has 0 unspecified atom stereocenters. The molecule has 0 aliphatic rings. The summed E-state index contributed by atoms with van der Waals surface area (Å²) in [4.78, 5) is 4.96. The van der Waals surface area contributed by atoms with Gasteiger partial charge >= 0.3 is 0 Å². The predicted molar refractivity (Wildman–Crippen MR) is 226 cm³/mol. The van der Waals surface area contributed by atoms with Crippen LogP contribution in [0, 0.1) is 13.8 Å². The van der Waals surface area contributed by atoms with E-state index in [4.69, 9.17) is 0 Å². The Bertz CT molecular complexity index is 2510. The number of aryl methyl sites for hydroxylation is 2. The van der Waals surface area contributed by atoms with E-state index >= 15 is 0 Å². The molecule has 0 amide bonds. The Kier molecular flexibility index (Phi) is 8.77. The lowest BCUT2D eigenvalue weighted by molar-refractivity contribution is 0.866. The molecule has 0 saturated carbocycles. The highest BCUT2D eigenvalue weighted by Crippen LogP contribution is 2.52. The molecule has 0 fully saturated rings. The second-order valence-electron chi connectivity index (χ2n) is 14.8. The van der Waals surface area contributed by atoms with Gasteiger partial charge in [0.15, 0.2) is 0 Å². The minimum Gasteiger partial charge on any atom is -0.309 e. The third-order valence-corrected chi connectivity index (χ3v) is 10.5. The predicted octanol–water partition coefficient (Wildman–Crippen LogP) is 14.9. The molecule has 0 atom stereocenters. The second kappa shape index (κ2) is 13.7. The van der Waals surface area contributed by atoms with E-state index in [0.29, 0.717) is 11.8 Å². The van der Waals surface area contributed by atoms with Crippen LogP contribution < -0.4 is 9.80 Å². The van der Waals surface area contributed by atoms with Gasteiger partial charge in [-0.2, -0.15) is 0 Å². The fraction of sp³-hybridized carbons (Fsp3) is 0.160. The standard InChI is InChI=1S/C50H46N2/c1-33(2)37-19-28-42(29-20-37)51(40-24-15-35(5)16-25-40)49-45-13-9-10-14-46(45)50(48-44-12-8-7-11-39(44)23-32-47(48)49)52(41-26-17-36(6)18-27-41)43-30-21-38(22-31-43)34(3)4/h7-34H,1-6H3. The summed E-state index contributed by atoms with van der Waals surface area (Å²) in [5.41, 5.74) is 12.1. The summed E-state index contributed by atoms with van der Waals surface area (Å²) < 4.78 is 0. The zero-order valence-corrected chi connectivity index (χ0v) is 31.1. The van der Waals surface area contributed by atoms with Crippen LogP contribution in [0.5, 0.6) is 0 Å². The van der Waals surface area contributed by atoms with Crippen molar-refractivity contribution < 1.29 is 0 Å². The first-order chi connectivity index (χ1) is 25.3. The zero-order chi connectivity index (χ0) is 35.9. The van der Waals surface area contributed by atoms with E-state index in [9.17, 15) is 0 Å². The molecule has 52 heavy (non-hydrogen) atoms. The van der Waals surface area contributed by atoms with E-state index < -0.39 is 0 Å². The largest absolute Gasteiger partial charge is 0.309 e. The van der Waals surface area contributed by atoms with Gasteiger partial charge in [-0.25, -0.2) is 0 Å². The highest BCUT2D eigenvalue weighted by molar-refractivity contribution is 6.29. The molecule has 0 bridgehead atoms. The van der Waals surface area contributed by atoms with Crippen LogP contribution in [0.1, 0.15) is 61.8 Å². The summed E-state index contributed by atoms with van der Waals surface area (Å²) in [6.45, 7) is 13.3. The highest BCUT2D eigenvalue weighted by Gasteiger charge is 2.26. The third kappa shape index (κ3) is 5.99. The average Bonchev–Trinajstić information content (AvgIpc) is 3.17. The summed E-state index contributed by atoms with van der Waals surface area (Å²) in [5, 5.41) is 7.29. The Labute approximate surface area is 308 Å². The molecule has 0 aromatic heterocycles. The fourth-order valence-electron chi connectivity index (χ4n) is 7.59. The molecule has 2 heteroatoms. The second-order valence-corrected chi connectivity index (χ2v) is 14.8. The van der Waals surface area contributed by atoms with Gasteiger partial charge in [-0.3, -0.25) is 0 Å². The van der Waals surface area contributed by atoms with Gasteiger partial charge in [0.05, 0.1) is 11.4 Å². The van der Waals surface area contributed by atoms with E-state index in [1.54, 1.807) is 0 Å². The third-order valence-electron chi connectivity index (χ3n) is 10.5. The van der Waals surface area contributed by atoms with Crippen molar-refractivity contribution in [3.63, 3.8) is 0 Å². The molecule has 8 rings (SSSR count). The maximum Gasteiger partial charge on any atom is 0.0626 e. The van der Waals surface area contributed by atoms with Gasteiger partial charge in [0.1, 0.15) is 0 Å². The molecule has 0 aliphatic carbocycles. The van der Waals surface area contributed by atoms with Crippen LogP contribution in [-0.4, -0.2) is 0 Å². The van der Waals surface area contributed by atoms with Gasteiger partial charge in [0.2, 0.25) is 0 Å². The molecular formula is C50H46N2. The lowest BCUT2D eigenvalue weighted by Gasteiger charge is -2.33. The topological polar surface area (TPSA) is 6.48 Å². The fourth-order valence-corrected chi connectivity index (χ4v) is 7.59. The van der Waals surface area contributed by atoms with Crippen molar-refractivity contribution in [1.29, 1.82) is 0 Å². The normalized spacial score (nSPS) is 11.6. The van der Waals surface area contributed by atoms with Gasteiger partial charge in [-0.05, 0) is 96.1 Å². The number of hydrogen-bond acceptors (Lipinski definition) is 2. The number of hydrogen-bond donors (Lipinski definition) is 0. The van der Waals surface area contributed by atoms with Crippen LogP contribution in [-0.2, 0) is 0 Å². The summed E-state index contributed by atoms with van der Waals surface area (Å²) >= 11 is 0. The van der Waals surface area contributed by atoms with Crippen molar-refractivity contribution in [2.75, 3.05) is 9.80 Å². The highest BCUT2D eigenvalue weighted by atomic mass is 15.2. The first-order valence-electron chi connectivity index (χ1n) is 18.6. The van der Waals surface area contributed by atoms with Crippen LogP contribution in [0.4, 0.5) is 34.1 Å². The molecule has 8 aromatic carbocycles. The Morgan fingerprint density at radius 2 is 0.731 bits per heavy atom. The maximum atomic E-state index is 2.48. The lowest BCUT2D eigenvalue weighted by Crippen LogP contribution is -2.15. The van der Waals surface area contributed by atoms with Crippen molar-refractivity contribution in [3.8, 4) is 0 Å². The molecule has 0 N–H and O–H groups in total. The summed E-state index contributed by atoms with van der Waals surface area (Å²) in [5.74, 6) is 0.908.